The van der Waals surface area contributed by atoms with Gasteiger partial charge in [0.05, 0.1) is 6.61 Å². The highest BCUT2D eigenvalue weighted by molar-refractivity contribution is 5.94. The Morgan fingerprint density at radius 2 is 2.08 bits per heavy atom. The fourth-order valence-corrected chi connectivity index (χ4v) is 0.460. The zero-order valence-electron chi connectivity index (χ0n) is 7.11. The quantitative estimate of drug-likeness (QED) is 0.481. The number of ether oxygens (including phenoxy) is 1. The van der Waals surface area contributed by atoms with Crippen molar-refractivity contribution in [3.8, 4) is 0 Å². The molecule has 0 radical (unpaired) electrons. The Morgan fingerprint density at radius 1 is 1.50 bits per heavy atom. The number of carbonyl (C=O) groups is 2. The van der Waals surface area contributed by atoms with Crippen molar-refractivity contribution >= 4 is 11.8 Å². The predicted octanol–water partition coefficient (Wildman–Crippen LogP) is 0.0556. The molecule has 0 spiro atoms. The van der Waals surface area contributed by atoms with Crippen molar-refractivity contribution in [2.24, 2.45) is 0 Å². The van der Waals surface area contributed by atoms with Crippen LogP contribution in [-0.2, 0) is 14.3 Å². The van der Waals surface area contributed by atoms with E-state index in [4.69, 9.17) is 5.11 Å². The number of ketones is 1. The smallest absolute Gasteiger partial charge is 0.331 e. The summed E-state index contributed by atoms with van der Waals surface area (Å²) in [5, 5.41) is 8.49. The number of allylic oxidation sites excluding steroid dienone is 1. The molecule has 0 aromatic rings. The highest BCUT2D eigenvalue weighted by Crippen LogP contribution is 1.90. The molecule has 4 heteroatoms. The van der Waals surface area contributed by atoms with Gasteiger partial charge in [0.25, 0.3) is 0 Å². The van der Waals surface area contributed by atoms with E-state index in [1.165, 1.54) is 6.92 Å². The molecule has 0 heterocycles. The average Bonchev–Trinajstić information content (AvgIpc) is 2.00. The average molecular weight is 172 g/mol. The Bertz CT molecular complexity index is 195. The van der Waals surface area contributed by atoms with Crippen LogP contribution >= 0.6 is 0 Å². The molecular weight excluding hydrogens is 160 g/mol. The zero-order chi connectivity index (χ0) is 9.56. The van der Waals surface area contributed by atoms with E-state index in [-0.39, 0.29) is 12.4 Å². The van der Waals surface area contributed by atoms with Crippen molar-refractivity contribution in [2.45, 2.75) is 20.0 Å². The van der Waals surface area contributed by atoms with Gasteiger partial charge in [-0.2, -0.15) is 0 Å². The number of esters is 1. The monoisotopic (exact) mass is 172 g/mol. The lowest BCUT2D eigenvalue weighted by Gasteiger charge is -2.06. The van der Waals surface area contributed by atoms with Gasteiger partial charge in [-0.05, 0) is 19.9 Å². The maximum absolute atomic E-state index is 10.7. The SMILES string of the molecule is CC(=O)/C=C\C(=O)OC(C)CO. The predicted molar refractivity (Wildman–Crippen MR) is 42.5 cm³/mol. The lowest BCUT2D eigenvalue weighted by atomic mass is 10.4. The third kappa shape index (κ3) is 5.61. The van der Waals surface area contributed by atoms with Crippen molar-refractivity contribution in [3.63, 3.8) is 0 Å². The van der Waals surface area contributed by atoms with Crippen molar-refractivity contribution in [3.05, 3.63) is 12.2 Å². The first-order chi connectivity index (χ1) is 5.56. The molecule has 4 nitrogen and oxygen atoms in total. The van der Waals surface area contributed by atoms with Gasteiger partial charge in [0, 0.05) is 6.08 Å². The van der Waals surface area contributed by atoms with E-state index in [1.54, 1.807) is 6.92 Å². The second-order valence-electron chi connectivity index (χ2n) is 2.37. The Labute approximate surface area is 70.8 Å². The highest BCUT2D eigenvalue weighted by atomic mass is 16.5. The van der Waals surface area contributed by atoms with E-state index in [0.717, 1.165) is 12.2 Å². The lowest BCUT2D eigenvalue weighted by Crippen LogP contribution is -2.16. The van der Waals surface area contributed by atoms with E-state index in [2.05, 4.69) is 4.74 Å². The molecular formula is C8H12O4. The van der Waals surface area contributed by atoms with Crippen LogP contribution in [0.15, 0.2) is 12.2 Å². The minimum absolute atomic E-state index is 0.219. The number of rotatable bonds is 4. The minimum atomic E-state index is -0.619. The molecule has 68 valence electrons. The summed E-state index contributed by atoms with van der Waals surface area (Å²) in [5.41, 5.74) is 0. The first-order valence-corrected chi connectivity index (χ1v) is 3.56. The molecule has 0 amide bonds. The molecule has 0 aliphatic carbocycles. The molecule has 0 fully saturated rings. The van der Waals surface area contributed by atoms with Gasteiger partial charge in [-0.15, -0.1) is 0 Å². The second kappa shape index (κ2) is 5.49. The van der Waals surface area contributed by atoms with Crippen molar-refractivity contribution in [1.82, 2.24) is 0 Å². The van der Waals surface area contributed by atoms with Crippen molar-refractivity contribution in [1.29, 1.82) is 0 Å². The Morgan fingerprint density at radius 3 is 2.50 bits per heavy atom. The largest absolute Gasteiger partial charge is 0.457 e. The molecule has 0 bridgehead atoms. The van der Waals surface area contributed by atoms with Gasteiger partial charge in [0.1, 0.15) is 6.10 Å². The first kappa shape index (κ1) is 10.8. The van der Waals surface area contributed by atoms with Gasteiger partial charge in [-0.25, -0.2) is 4.79 Å². The zero-order valence-corrected chi connectivity index (χ0v) is 7.11. The molecule has 1 atom stereocenters. The number of aliphatic hydroxyl groups excluding tert-OH is 1. The molecule has 0 aliphatic heterocycles. The van der Waals surface area contributed by atoms with Crippen LogP contribution in [0.25, 0.3) is 0 Å². The fourth-order valence-electron chi connectivity index (χ4n) is 0.460. The summed E-state index contributed by atoms with van der Waals surface area (Å²) in [6.45, 7) is 2.67. The van der Waals surface area contributed by atoms with Crippen LogP contribution in [0.3, 0.4) is 0 Å². The van der Waals surface area contributed by atoms with Crippen LogP contribution in [0.1, 0.15) is 13.8 Å². The Balaban J connectivity index is 3.81. The summed E-state index contributed by atoms with van der Waals surface area (Å²) >= 11 is 0. The van der Waals surface area contributed by atoms with Crippen LogP contribution in [0, 0.1) is 0 Å². The lowest BCUT2D eigenvalue weighted by molar-refractivity contribution is -0.144. The van der Waals surface area contributed by atoms with Crippen molar-refractivity contribution in [2.75, 3.05) is 6.61 Å². The summed E-state index contributed by atoms with van der Waals surface area (Å²) in [5.74, 6) is -0.838. The van der Waals surface area contributed by atoms with Crippen LogP contribution in [0.2, 0.25) is 0 Å². The molecule has 0 saturated carbocycles. The minimum Gasteiger partial charge on any atom is -0.457 e. The fraction of sp³-hybridized carbons (Fsp3) is 0.500. The molecule has 0 aromatic carbocycles. The maximum atomic E-state index is 10.7. The van der Waals surface area contributed by atoms with Crippen LogP contribution in [-0.4, -0.2) is 29.6 Å². The molecule has 12 heavy (non-hydrogen) atoms. The van der Waals surface area contributed by atoms with E-state index in [0.29, 0.717) is 0 Å². The molecule has 0 aromatic heterocycles. The van der Waals surface area contributed by atoms with Crippen LogP contribution in [0.4, 0.5) is 0 Å². The summed E-state index contributed by atoms with van der Waals surface area (Å²) in [6, 6.07) is 0. The van der Waals surface area contributed by atoms with E-state index < -0.39 is 12.1 Å². The summed E-state index contributed by atoms with van der Waals surface area (Å²) in [6.07, 6.45) is 1.62. The number of aliphatic hydroxyl groups is 1. The normalized spacial score (nSPS) is 12.9. The van der Waals surface area contributed by atoms with Crippen molar-refractivity contribution < 1.29 is 19.4 Å². The van der Waals surface area contributed by atoms with E-state index in [9.17, 15) is 9.59 Å². The van der Waals surface area contributed by atoms with Gasteiger partial charge >= 0.3 is 5.97 Å². The summed E-state index contributed by atoms with van der Waals surface area (Å²) in [7, 11) is 0. The Kier molecular flexibility index (Phi) is 4.96. The second-order valence-corrected chi connectivity index (χ2v) is 2.37. The third-order valence-electron chi connectivity index (χ3n) is 1.03. The van der Waals surface area contributed by atoms with Gasteiger partial charge in [-0.1, -0.05) is 0 Å². The molecule has 1 N–H and O–H groups in total. The summed E-state index contributed by atoms with van der Waals surface area (Å²) < 4.78 is 4.62. The van der Waals surface area contributed by atoms with Gasteiger partial charge in [0.2, 0.25) is 0 Å². The highest BCUT2D eigenvalue weighted by Gasteiger charge is 2.03. The number of hydrogen-bond acceptors (Lipinski definition) is 4. The molecule has 0 aliphatic rings. The maximum Gasteiger partial charge on any atom is 0.331 e. The van der Waals surface area contributed by atoms with Crippen LogP contribution < -0.4 is 0 Å². The molecule has 0 saturated heterocycles. The van der Waals surface area contributed by atoms with Gasteiger partial charge in [0.15, 0.2) is 5.78 Å². The molecule has 1 unspecified atom stereocenters. The van der Waals surface area contributed by atoms with E-state index in [1.807, 2.05) is 0 Å². The number of hydrogen-bond donors (Lipinski definition) is 1. The Hall–Kier alpha value is -1.16. The number of carbonyl (C=O) groups excluding carboxylic acids is 2. The third-order valence-corrected chi connectivity index (χ3v) is 1.03. The topological polar surface area (TPSA) is 63.6 Å². The van der Waals surface area contributed by atoms with Gasteiger partial charge in [-0.3, -0.25) is 4.79 Å². The standard InChI is InChI=1S/C8H12O4/c1-6(10)3-4-8(11)12-7(2)5-9/h3-4,7,9H,5H2,1-2H3/b4-3-. The summed E-state index contributed by atoms with van der Waals surface area (Å²) in [4.78, 5) is 21.1. The first-order valence-electron chi connectivity index (χ1n) is 3.56. The van der Waals surface area contributed by atoms with Gasteiger partial charge < -0.3 is 9.84 Å². The molecule has 0 rings (SSSR count). The van der Waals surface area contributed by atoms with E-state index >= 15 is 0 Å². The van der Waals surface area contributed by atoms with Crippen LogP contribution in [0.5, 0.6) is 0 Å².